The third-order valence-electron chi connectivity index (χ3n) is 4.10. The highest BCUT2D eigenvalue weighted by Gasteiger charge is 2.20. The summed E-state index contributed by atoms with van der Waals surface area (Å²) in [6.45, 7) is 4.23. The second kappa shape index (κ2) is 4.72. The van der Waals surface area contributed by atoms with Gasteiger partial charge in [-0.3, -0.25) is 4.68 Å². The van der Waals surface area contributed by atoms with Crippen LogP contribution >= 0.6 is 0 Å². The molecule has 2 N–H and O–H groups in total. The average molecular weight is 255 g/mol. The first-order valence-corrected chi connectivity index (χ1v) is 7.07. The zero-order valence-corrected chi connectivity index (χ0v) is 11.7. The minimum absolute atomic E-state index is 0.543. The topological polar surface area (TPSA) is 43.8 Å². The zero-order valence-electron chi connectivity index (χ0n) is 11.7. The standard InChI is InChI=1S/C16H21N3/c1-11-7-8-14(12(2)9-11)16-15(17)10-19(18-16)13-5-3-4-6-13/h7-10,13H,3-6,17H2,1-2H3. The monoisotopic (exact) mass is 255 g/mol. The maximum absolute atomic E-state index is 6.16. The molecule has 2 aromatic rings. The summed E-state index contributed by atoms with van der Waals surface area (Å²) in [5.41, 5.74) is 11.6. The molecular formula is C16H21N3. The van der Waals surface area contributed by atoms with E-state index in [0.29, 0.717) is 6.04 Å². The molecule has 3 nitrogen and oxygen atoms in total. The van der Waals surface area contributed by atoms with Gasteiger partial charge in [-0.15, -0.1) is 0 Å². The van der Waals surface area contributed by atoms with Crippen LogP contribution in [0.15, 0.2) is 24.4 Å². The lowest BCUT2D eigenvalue weighted by Crippen LogP contribution is -2.05. The Balaban J connectivity index is 2.00. The average Bonchev–Trinajstić information content (AvgIpc) is 2.98. The Morgan fingerprint density at radius 2 is 1.95 bits per heavy atom. The summed E-state index contributed by atoms with van der Waals surface area (Å²) < 4.78 is 2.08. The predicted octanol–water partition coefficient (Wildman–Crippen LogP) is 3.86. The highest BCUT2D eigenvalue weighted by atomic mass is 15.3. The Morgan fingerprint density at radius 1 is 1.21 bits per heavy atom. The van der Waals surface area contributed by atoms with Gasteiger partial charge in [-0.25, -0.2) is 0 Å². The number of nitrogens with two attached hydrogens (primary N) is 1. The smallest absolute Gasteiger partial charge is 0.115 e. The van der Waals surface area contributed by atoms with Gasteiger partial charge in [0.1, 0.15) is 5.69 Å². The van der Waals surface area contributed by atoms with Gasteiger partial charge in [-0.05, 0) is 32.3 Å². The molecule has 0 saturated heterocycles. The second-order valence-electron chi connectivity index (χ2n) is 5.67. The normalized spacial score (nSPS) is 16.1. The number of rotatable bonds is 2. The third-order valence-corrected chi connectivity index (χ3v) is 4.10. The van der Waals surface area contributed by atoms with Crippen molar-refractivity contribution in [3.8, 4) is 11.3 Å². The lowest BCUT2D eigenvalue weighted by molar-refractivity contribution is 0.468. The molecule has 0 unspecified atom stereocenters. The van der Waals surface area contributed by atoms with E-state index in [2.05, 4.69) is 36.7 Å². The lowest BCUT2D eigenvalue weighted by atomic mass is 10.0. The maximum atomic E-state index is 6.16. The quantitative estimate of drug-likeness (QED) is 0.885. The van der Waals surface area contributed by atoms with Crippen molar-refractivity contribution in [3.63, 3.8) is 0 Å². The van der Waals surface area contributed by atoms with Gasteiger partial charge >= 0.3 is 0 Å². The van der Waals surface area contributed by atoms with Gasteiger partial charge in [-0.1, -0.05) is 36.6 Å². The highest BCUT2D eigenvalue weighted by Crippen LogP contribution is 2.33. The zero-order chi connectivity index (χ0) is 13.4. The van der Waals surface area contributed by atoms with Crippen LogP contribution in [0.3, 0.4) is 0 Å². The van der Waals surface area contributed by atoms with Gasteiger partial charge in [0.25, 0.3) is 0 Å². The molecule has 1 saturated carbocycles. The van der Waals surface area contributed by atoms with Crippen LogP contribution in [-0.4, -0.2) is 9.78 Å². The molecule has 0 aliphatic heterocycles. The van der Waals surface area contributed by atoms with E-state index in [1.165, 1.54) is 36.8 Å². The minimum atomic E-state index is 0.543. The summed E-state index contributed by atoms with van der Waals surface area (Å²) >= 11 is 0. The number of anilines is 1. The Hall–Kier alpha value is -1.77. The molecule has 0 spiro atoms. The summed E-state index contributed by atoms with van der Waals surface area (Å²) in [6.07, 6.45) is 7.08. The molecule has 0 amide bonds. The van der Waals surface area contributed by atoms with Crippen molar-refractivity contribution in [1.82, 2.24) is 9.78 Å². The number of nitrogens with zero attached hydrogens (tertiary/aromatic N) is 2. The summed E-state index contributed by atoms with van der Waals surface area (Å²) in [7, 11) is 0. The molecule has 19 heavy (non-hydrogen) atoms. The van der Waals surface area contributed by atoms with Gasteiger partial charge in [0.2, 0.25) is 0 Å². The van der Waals surface area contributed by atoms with E-state index in [0.717, 1.165) is 16.9 Å². The first-order valence-electron chi connectivity index (χ1n) is 7.07. The number of benzene rings is 1. The molecule has 1 aliphatic carbocycles. The Bertz CT molecular complexity index is 592. The van der Waals surface area contributed by atoms with E-state index >= 15 is 0 Å². The number of hydrogen-bond donors (Lipinski definition) is 1. The summed E-state index contributed by atoms with van der Waals surface area (Å²) in [5.74, 6) is 0. The van der Waals surface area contributed by atoms with E-state index in [4.69, 9.17) is 10.8 Å². The molecule has 0 bridgehead atoms. The summed E-state index contributed by atoms with van der Waals surface area (Å²) in [5, 5.41) is 4.74. The fraction of sp³-hybridized carbons (Fsp3) is 0.438. The maximum Gasteiger partial charge on any atom is 0.115 e. The minimum Gasteiger partial charge on any atom is -0.396 e. The van der Waals surface area contributed by atoms with E-state index in [-0.39, 0.29) is 0 Å². The van der Waals surface area contributed by atoms with Crippen LogP contribution in [-0.2, 0) is 0 Å². The predicted molar refractivity (Wildman–Crippen MR) is 79.1 cm³/mol. The number of aromatic nitrogens is 2. The number of aryl methyl sites for hydroxylation is 2. The van der Waals surface area contributed by atoms with E-state index in [9.17, 15) is 0 Å². The fourth-order valence-electron chi connectivity index (χ4n) is 3.05. The molecule has 3 heteroatoms. The van der Waals surface area contributed by atoms with Gasteiger partial charge in [0, 0.05) is 11.8 Å². The molecular weight excluding hydrogens is 234 g/mol. The van der Waals surface area contributed by atoms with Crippen LogP contribution in [0.5, 0.6) is 0 Å². The SMILES string of the molecule is Cc1ccc(-c2nn(C3CCCC3)cc2N)c(C)c1. The Kier molecular flexibility index (Phi) is 3.05. The Labute approximate surface area is 114 Å². The molecule has 3 rings (SSSR count). The van der Waals surface area contributed by atoms with Crippen LogP contribution in [0, 0.1) is 13.8 Å². The van der Waals surface area contributed by atoms with Crippen molar-refractivity contribution >= 4 is 5.69 Å². The third kappa shape index (κ3) is 2.25. The van der Waals surface area contributed by atoms with Gasteiger partial charge in [0.15, 0.2) is 0 Å². The molecule has 0 radical (unpaired) electrons. The number of hydrogen-bond acceptors (Lipinski definition) is 2. The van der Waals surface area contributed by atoms with E-state index in [1.54, 1.807) is 0 Å². The van der Waals surface area contributed by atoms with Crippen LogP contribution in [0.2, 0.25) is 0 Å². The van der Waals surface area contributed by atoms with Crippen molar-refractivity contribution in [3.05, 3.63) is 35.5 Å². The summed E-state index contributed by atoms with van der Waals surface area (Å²) in [6, 6.07) is 6.98. The fourth-order valence-corrected chi connectivity index (χ4v) is 3.05. The first-order chi connectivity index (χ1) is 9.15. The van der Waals surface area contributed by atoms with Crippen LogP contribution in [0.1, 0.15) is 42.9 Å². The van der Waals surface area contributed by atoms with Gasteiger partial charge in [0.05, 0.1) is 11.7 Å². The van der Waals surface area contributed by atoms with Crippen molar-refractivity contribution in [2.24, 2.45) is 0 Å². The Morgan fingerprint density at radius 3 is 2.63 bits per heavy atom. The van der Waals surface area contributed by atoms with Gasteiger partial charge < -0.3 is 5.73 Å². The van der Waals surface area contributed by atoms with E-state index in [1.807, 2.05) is 6.20 Å². The molecule has 0 atom stereocenters. The highest BCUT2D eigenvalue weighted by molar-refractivity contribution is 5.74. The van der Waals surface area contributed by atoms with Crippen molar-refractivity contribution in [2.45, 2.75) is 45.6 Å². The second-order valence-corrected chi connectivity index (χ2v) is 5.67. The van der Waals surface area contributed by atoms with Gasteiger partial charge in [-0.2, -0.15) is 5.10 Å². The number of nitrogen functional groups attached to an aromatic ring is 1. The van der Waals surface area contributed by atoms with Crippen molar-refractivity contribution in [1.29, 1.82) is 0 Å². The van der Waals surface area contributed by atoms with E-state index < -0.39 is 0 Å². The first kappa shape index (κ1) is 12.3. The lowest BCUT2D eigenvalue weighted by Gasteiger charge is -2.09. The molecule has 1 aromatic carbocycles. The largest absolute Gasteiger partial charge is 0.396 e. The summed E-state index contributed by atoms with van der Waals surface area (Å²) in [4.78, 5) is 0. The molecule has 1 fully saturated rings. The van der Waals surface area contributed by atoms with Crippen LogP contribution < -0.4 is 5.73 Å². The molecule has 100 valence electrons. The molecule has 1 heterocycles. The van der Waals surface area contributed by atoms with Crippen molar-refractivity contribution < 1.29 is 0 Å². The van der Waals surface area contributed by atoms with Crippen LogP contribution in [0.25, 0.3) is 11.3 Å². The van der Waals surface area contributed by atoms with Crippen molar-refractivity contribution in [2.75, 3.05) is 5.73 Å². The molecule has 1 aromatic heterocycles. The van der Waals surface area contributed by atoms with Crippen LogP contribution in [0.4, 0.5) is 5.69 Å². The molecule has 1 aliphatic rings.